The number of hydrogen-bond donors (Lipinski definition) is 2. The zero-order valence-electron chi connectivity index (χ0n) is 10.2. The summed E-state index contributed by atoms with van der Waals surface area (Å²) in [5.41, 5.74) is 7.40. The van der Waals surface area contributed by atoms with Crippen LogP contribution in [-0.4, -0.2) is 8.42 Å². The number of nitrogens with two attached hydrogens (primary N) is 1. The van der Waals surface area contributed by atoms with E-state index in [1.54, 1.807) is 24.3 Å². The molecule has 0 bridgehead atoms. The summed E-state index contributed by atoms with van der Waals surface area (Å²) in [7, 11) is -3.69. The zero-order chi connectivity index (χ0) is 14.0. The number of anilines is 2. The number of nitrogen functional groups attached to an aromatic ring is 1. The molecule has 2 aromatic rings. The summed E-state index contributed by atoms with van der Waals surface area (Å²) >= 11 is 5.79. The first-order chi connectivity index (χ1) is 8.88. The lowest BCUT2D eigenvalue weighted by Crippen LogP contribution is -2.14. The van der Waals surface area contributed by atoms with Gasteiger partial charge in [-0.1, -0.05) is 23.7 Å². The van der Waals surface area contributed by atoms with Gasteiger partial charge >= 0.3 is 0 Å². The average molecular weight is 297 g/mol. The molecule has 0 fully saturated rings. The van der Waals surface area contributed by atoms with Crippen LogP contribution in [-0.2, 0) is 10.0 Å². The van der Waals surface area contributed by atoms with Crippen LogP contribution in [0.25, 0.3) is 0 Å². The van der Waals surface area contributed by atoms with E-state index in [0.29, 0.717) is 16.4 Å². The minimum absolute atomic E-state index is 0.0981. The third kappa shape index (κ3) is 3.19. The van der Waals surface area contributed by atoms with E-state index in [1.807, 2.05) is 13.0 Å². The Hall–Kier alpha value is -1.72. The normalized spacial score (nSPS) is 11.3. The molecule has 0 saturated heterocycles. The molecule has 0 radical (unpaired) electrons. The fourth-order valence-corrected chi connectivity index (χ4v) is 2.98. The molecule has 0 aliphatic carbocycles. The molecule has 6 heteroatoms. The Morgan fingerprint density at radius 3 is 2.58 bits per heavy atom. The monoisotopic (exact) mass is 296 g/mol. The number of sulfonamides is 1. The summed E-state index contributed by atoms with van der Waals surface area (Å²) in [4.78, 5) is 0.0981. The molecule has 0 amide bonds. The predicted molar refractivity (Wildman–Crippen MR) is 77.9 cm³/mol. The first kappa shape index (κ1) is 13.7. The van der Waals surface area contributed by atoms with Gasteiger partial charge in [0, 0.05) is 5.02 Å². The molecule has 2 aromatic carbocycles. The van der Waals surface area contributed by atoms with Gasteiger partial charge in [-0.25, -0.2) is 8.42 Å². The fraction of sp³-hybridized carbons (Fsp3) is 0.0769. The van der Waals surface area contributed by atoms with Crippen molar-refractivity contribution in [3.8, 4) is 0 Å². The standard InChI is InChI=1S/C13H13ClN2O2S/c1-9-5-6-12(15)13(7-9)16-19(17,18)11-4-2-3-10(14)8-11/h2-8,16H,15H2,1H3. The van der Waals surface area contributed by atoms with Gasteiger partial charge in [-0.05, 0) is 42.8 Å². The third-order valence-electron chi connectivity index (χ3n) is 2.56. The minimum atomic E-state index is -3.69. The molecule has 0 spiro atoms. The summed E-state index contributed by atoms with van der Waals surface area (Å²) in [6.07, 6.45) is 0. The van der Waals surface area contributed by atoms with Gasteiger partial charge in [0.15, 0.2) is 0 Å². The summed E-state index contributed by atoms with van der Waals surface area (Å²) in [6, 6.07) is 11.2. The second kappa shape index (κ2) is 5.11. The van der Waals surface area contributed by atoms with Crippen molar-refractivity contribution in [2.75, 3.05) is 10.5 Å². The van der Waals surface area contributed by atoms with Crippen LogP contribution in [0.2, 0.25) is 5.02 Å². The maximum Gasteiger partial charge on any atom is 0.262 e. The van der Waals surface area contributed by atoms with E-state index in [1.165, 1.54) is 12.1 Å². The van der Waals surface area contributed by atoms with E-state index in [4.69, 9.17) is 17.3 Å². The molecule has 0 atom stereocenters. The van der Waals surface area contributed by atoms with E-state index in [2.05, 4.69) is 4.72 Å². The van der Waals surface area contributed by atoms with Crippen LogP contribution in [0.15, 0.2) is 47.4 Å². The molecule has 0 aromatic heterocycles. The van der Waals surface area contributed by atoms with Crippen molar-refractivity contribution in [3.63, 3.8) is 0 Å². The van der Waals surface area contributed by atoms with Crippen LogP contribution in [0, 0.1) is 6.92 Å². The Morgan fingerprint density at radius 1 is 1.16 bits per heavy atom. The smallest absolute Gasteiger partial charge is 0.262 e. The Balaban J connectivity index is 2.39. The fourth-order valence-electron chi connectivity index (χ4n) is 1.60. The van der Waals surface area contributed by atoms with Gasteiger partial charge < -0.3 is 5.73 Å². The summed E-state index contributed by atoms with van der Waals surface area (Å²) < 4.78 is 26.8. The molecule has 0 heterocycles. The first-order valence-electron chi connectivity index (χ1n) is 5.53. The highest BCUT2D eigenvalue weighted by Crippen LogP contribution is 2.24. The van der Waals surface area contributed by atoms with Gasteiger partial charge in [-0.3, -0.25) is 4.72 Å². The zero-order valence-corrected chi connectivity index (χ0v) is 11.8. The Morgan fingerprint density at radius 2 is 1.89 bits per heavy atom. The van der Waals surface area contributed by atoms with Crippen LogP contribution < -0.4 is 10.5 Å². The Bertz CT molecular complexity index is 714. The highest BCUT2D eigenvalue weighted by molar-refractivity contribution is 7.92. The van der Waals surface area contributed by atoms with Crippen molar-refractivity contribution in [1.29, 1.82) is 0 Å². The van der Waals surface area contributed by atoms with Crippen molar-refractivity contribution in [1.82, 2.24) is 0 Å². The average Bonchev–Trinajstić information content (AvgIpc) is 2.33. The number of benzene rings is 2. The molecular weight excluding hydrogens is 284 g/mol. The summed E-state index contributed by atoms with van der Waals surface area (Å²) in [5, 5.41) is 0.361. The van der Waals surface area contributed by atoms with Crippen molar-refractivity contribution in [2.24, 2.45) is 0 Å². The van der Waals surface area contributed by atoms with E-state index in [0.717, 1.165) is 5.56 Å². The maximum atomic E-state index is 12.2. The van der Waals surface area contributed by atoms with Gasteiger partial charge in [0.2, 0.25) is 0 Å². The van der Waals surface area contributed by atoms with Gasteiger partial charge in [0.25, 0.3) is 10.0 Å². The molecule has 0 aliphatic heterocycles. The molecule has 100 valence electrons. The van der Waals surface area contributed by atoms with Gasteiger partial charge in [-0.2, -0.15) is 0 Å². The van der Waals surface area contributed by atoms with Crippen molar-refractivity contribution in [3.05, 3.63) is 53.1 Å². The van der Waals surface area contributed by atoms with Crippen LogP contribution in [0.1, 0.15) is 5.56 Å². The largest absolute Gasteiger partial charge is 0.397 e. The lowest BCUT2D eigenvalue weighted by molar-refractivity contribution is 0.601. The number of halogens is 1. The maximum absolute atomic E-state index is 12.2. The quantitative estimate of drug-likeness (QED) is 0.855. The molecular formula is C13H13ClN2O2S. The summed E-state index contributed by atoms with van der Waals surface area (Å²) in [5.74, 6) is 0. The molecule has 0 unspecified atom stereocenters. The molecule has 19 heavy (non-hydrogen) atoms. The van der Waals surface area contributed by atoms with Crippen molar-refractivity contribution < 1.29 is 8.42 Å². The molecule has 0 aliphatic rings. The number of hydrogen-bond acceptors (Lipinski definition) is 3. The van der Waals surface area contributed by atoms with E-state index >= 15 is 0 Å². The van der Waals surface area contributed by atoms with E-state index < -0.39 is 10.0 Å². The topological polar surface area (TPSA) is 72.2 Å². The van der Waals surface area contributed by atoms with Crippen LogP contribution in [0.5, 0.6) is 0 Å². The highest BCUT2D eigenvalue weighted by Gasteiger charge is 2.15. The molecule has 0 saturated carbocycles. The molecule has 2 rings (SSSR count). The van der Waals surface area contributed by atoms with E-state index in [-0.39, 0.29) is 4.90 Å². The van der Waals surface area contributed by atoms with Gasteiger partial charge in [0.1, 0.15) is 0 Å². The van der Waals surface area contributed by atoms with Gasteiger partial charge in [0.05, 0.1) is 16.3 Å². The summed E-state index contributed by atoms with van der Waals surface area (Å²) in [6.45, 7) is 1.86. The second-order valence-corrected chi connectivity index (χ2v) is 6.27. The predicted octanol–water partition coefficient (Wildman–Crippen LogP) is 3.03. The van der Waals surface area contributed by atoms with Gasteiger partial charge in [-0.15, -0.1) is 0 Å². The van der Waals surface area contributed by atoms with Crippen molar-refractivity contribution in [2.45, 2.75) is 11.8 Å². The van der Waals surface area contributed by atoms with Crippen LogP contribution in [0.4, 0.5) is 11.4 Å². The number of aryl methyl sites for hydroxylation is 1. The lowest BCUT2D eigenvalue weighted by Gasteiger charge is -2.11. The molecule has 4 nitrogen and oxygen atoms in total. The van der Waals surface area contributed by atoms with Crippen LogP contribution in [0.3, 0.4) is 0 Å². The van der Waals surface area contributed by atoms with Crippen LogP contribution >= 0.6 is 11.6 Å². The SMILES string of the molecule is Cc1ccc(N)c(NS(=O)(=O)c2cccc(Cl)c2)c1. The third-order valence-corrected chi connectivity index (χ3v) is 4.16. The minimum Gasteiger partial charge on any atom is -0.397 e. The van der Waals surface area contributed by atoms with E-state index in [9.17, 15) is 8.42 Å². The second-order valence-electron chi connectivity index (χ2n) is 4.15. The number of rotatable bonds is 3. The Labute approximate surface area is 117 Å². The first-order valence-corrected chi connectivity index (χ1v) is 7.39. The highest BCUT2D eigenvalue weighted by atomic mass is 35.5. The van der Waals surface area contributed by atoms with Crippen molar-refractivity contribution >= 4 is 33.0 Å². The number of nitrogens with one attached hydrogen (secondary N) is 1. The molecule has 3 N–H and O–H groups in total. The lowest BCUT2D eigenvalue weighted by atomic mass is 10.2. The Kier molecular flexibility index (Phi) is 3.68.